The highest BCUT2D eigenvalue weighted by atomic mass is 19.1. The first kappa shape index (κ1) is 13.6. The molecule has 1 saturated carbocycles. The van der Waals surface area contributed by atoms with Gasteiger partial charge < -0.3 is 5.11 Å². The number of carbonyl (C=O) groups excluding carboxylic acids is 1. The van der Waals surface area contributed by atoms with Gasteiger partial charge in [-0.15, -0.1) is 13.2 Å². The van der Waals surface area contributed by atoms with Crippen molar-refractivity contribution in [3.05, 3.63) is 48.8 Å². The molecule has 1 aliphatic carbocycles. The van der Waals surface area contributed by atoms with E-state index in [1.807, 2.05) is 0 Å². The summed E-state index contributed by atoms with van der Waals surface area (Å²) in [6, 6.07) is 5.85. The molecule has 17 heavy (non-hydrogen) atoms. The average Bonchev–Trinajstić information content (AvgIpc) is 2.36. The molecule has 0 spiro atoms. The Kier molecular flexibility index (Phi) is 4.58. The number of carbonyl (C=O) groups is 1. The highest BCUT2D eigenvalue weighted by Crippen LogP contribution is 2.35. The smallest absolute Gasteiger partial charge is 0.133 e. The van der Waals surface area contributed by atoms with E-state index in [0.717, 1.165) is 0 Å². The molecule has 1 fully saturated rings. The van der Waals surface area contributed by atoms with Crippen molar-refractivity contribution in [3.63, 3.8) is 0 Å². The van der Waals surface area contributed by atoms with Crippen LogP contribution in [0.2, 0.25) is 0 Å². The van der Waals surface area contributed by atoms with E-state index in [1.54, 1.807) is 12.1 Å². The van der Waals surface area contributed by atoms with Gasteiger partial charge in [-0.3, -0.25) is 4.79 Å². The maximum atomic E-state index is 12.7. The maximum Gasteiger partial charge on any atom is 0.133 e. The fourth-order valence-electron chi connectivity index (χ4n) is 1.99. The Hall–Kier alpha value is -1.48. The lowest BCUT2D eigenvalue weighted by atomic mass is 9.79. The summed E-state index contributed by atoms with van der Waals surface area (Å²) in [7, 11) is 0. The van der Waals surface area contributed by atoms with E-state index in [1.165, 1.54) is 12.1 Å². The second-order valence-electron chi connectivity index (χ2n) is 4.08. The van der Waals surface area contributed by atoms with Crippen LogP contribution in [0, 0.1) is 5.82 Å². The zero-order valence-corrected chi connectivity index (χ0v) is 9.79. The van der Waals surface area contributed by atoms with Crippen molar-refractivity contribution < 1.29 is 14.3 Å². The van der Waals surface area contributed by atoms with Crippen LogP contribution in [0.5, 0.6) is 0 Å². The van der Waals surface area contributed by atoms with Gasteiger partial charge in [0.15, 0.2) is 0 Å². The lowest BCUT2D eigenvalue weighted by Crippen LogP contribution is -2.31. The summed E-state index contributed by atoms with van der Waals surface area (Å²) in [5.41, 5.74) is -0.238. The predicted octanol–water partition coefficient (Wildman–Crippen LogP) is 2.96. The fraction of sp³-hybridized carbons (Fsp3) is 0.357. The lowest BCUT2D eigenvalue weighted by Gasteiger charge is -2.31. The van der Waals surface area contributed by atoms with Crippen LogP contribution < -0.4 is 0 Å². The number of rotatable bonds is 1. The highest BCUT2D eigenvalue weighted by molar-refractivity contribution is 5.79. The van der Waals surface area contributed by atoms with Gasteiger partial charge in [-0.2, -0.15) is 0 Å². The van der Waals surface area contributed by atoms with E-state index in [0.29, 0.717) is 31.2 Å². The molecule has 0 heterocycles. The van der Waals surface area contributed by atoms with Crippen molar-refractivity contribution >= 4 is 5.78 Å². The summed E-state index contributed by atoms with van der Waals surface area (Å²) >= 11 is 0. The molecule has 1 aliphatic rings. The Morgan fingerprint density at radius 1 is 1.12 bits per heavy atom. The monoisotopic (exact) mass is 236 g/mol. The third-order valence-corrected chi connectivity index (χ3v) is 3.02. The molecule has 0 saturated heterocycles. The van der Waals surface area contributed by atoms with E-state index in [-0.39, 0.29) is 11.6 Å². The molecule has 0 radical (unpaired) electrons. The minimum Gasteiger partial charge on any atom is -0.385 e. The number of Topliss-reactive ketones (excluding diaryl/α,β-unsaturated/α-hetero) is 1. The Labute approximate surface area is 101 Å². The second-order valence-corrected chi connectivity index (χ2v) is 4.08. The molecule has 0 unspecified atom stereocenters. The Morgan fingerprint density at radius 3 is 2.06 bits per heavy atom. The van der Waals surface area contributed by atoms with E-state index < -0.39 is 5.60 Å². The minimum atomic E-state index is -0.943. The van der Waals surface area contributed by atoms with Gasteiger partial charge in [0.25, 0.3) is 0 Å². The van der Waals surface area contributed by atoms with E-state index in [4.69, 9.17) is 0 Å². The van der Waals surface area contributed by atoms with Gasteiger partial charge >= 0.3 is 0 Å². The molecule has 0 aliphatic heterocycles. The lowest BCUT2D eigenvalue weighted by molar-refractivity contribution is -0.125. The summed E-state index contributed by atoms with van der Waals surface area (Å²) in [5, 5.41) is 10.3. The van der Waals surface area contributed by atoms with Crippen molar-refractivity contribution in [2.24, 2.45) is 0 Å². The van der Waals surface area contributed by atoms with Crippen molar-refractivity contribution in [1.29, 1.82) is 0 Å². The molecule has 0 atom stereocenters. The molecule has 0 amide bonds. The first-order valence-electron chi connectivity index (χ1n) is 5.60. The third kappa shape index (κ3) is 3.24. The molecule has 1 aromatic rings. The molecular formula is C14H17FO2. The van der Waals surface area contributed by atoms with Crippen molar-refractivity contribution in [1.82, 2.24) is 0 Å². The van der Waals surface area contributed by atoms with Crippen molar-refractivity contribution in [2.75, 3.05) is 0 Å². The minimum absolute atomic E-state index is 0.196. The Balaban J connectivity index is 0.000000686. The van der Waals surface area contributed by atoms with Crippen LogP contribution in [-0.4, -0.2) is 10.9 Å². The summed E-state index contributed by atoms with van der Waals surface area (Å²) < 4.78 is 12.7. The Morgan fingerprint density at radius 2 is 1.59 bits per heavy atom. The van der Waals surface area contributed by atoms with Gasteiger partial charge in [-0.05, 0) is 30.5 Å². The van der Waals surface area contributed by atoms with Gasteiger partial charge in [0.2, 0.25) is 0 Å². The molecule has 0 aromatic heterocycles. The summed E-state index contributed by atoms with van der Waals surface area (Å²) in [6.45, 7) is 6.00. The number of benzene rings is 1. The molecule has 2 nitrogen and oxygen atoms in total. The topological polar surface area (TPSA) is 37.3 Å². The quantitative estimate of drug-likeness (QED) is 0.761. The zero-order valence-electron chi connectivity index (χ0n) is 9.79. The van der Waals surface area contributed by atoms with Crippen LogP contribution in [0.4, 0.5) is 4.39 Å². The van der Waals surface area contributed by atoms with Crippen LogP contribution in [0.3, 0.4) is 0 Å². The van der Waals surface area contributed by atoms with E-state index in [9.17, 15) is 14.3 Å². The van der Waals surface area contributed by atoms with Gasteiger partial charge in [-0.1, -0.05) is 12.1 Å². The van der Waals surface area contributed by atoms with Crippen LogP contribution in [0.25, 0.3) is 0 Å². The molecule has 0 bridgehead atoms. The summed E-state index contributed by atoms with van der Waals surface area (Å²) in [4.78, 5) is 11.1. The molecular weight excluding hydrogens is 219 g/mol. The molecule has 1 aromatic carbocycles. The predicted molar refractivity (Wildman–Crippen MR) is 65.0 cm³/mol. The molecule has 3 heteroatoms. The largest absolute Gasteiger partial charge is 0.385 e. The van der Waals surface area contributed by atoms with Gasteiger partial charge in [0.05, 0.1) is 5.60 Å². The van der Waals surface area contributed by atoms with Gasteiger partial charge in [0.1, 0.15) is 11.6 Å². The zero-order chi connectivity index (χ0) is 12.9. The van der Waals surface area contributed by atoms with Crippen LogP contribution in [0.15, 0.2) is 37.4 Å². The Bertz CT molecular complexity index is 374. The second kappa shape index (κ2) is 5.73. The normalized spacial score (nSPS) is 18.1. The van der Waals surface area contributed by atoms with Gasteiger partial charge in [0, 0.05) is 12.8 Å². The molecule has 1 N–H and O–H groups in total. The first-order chi connectivity index (χ1) is 8.10. The number of aliphatic hydroxyl groups is 1. The van der Waals surface area contributed by atoms with Crippen LogP contribution in [-0.2, 0) is 10.4 Å². The standard InChI is InChI=1S/C12H13FO2.C2H4/c13-10-3-1-9(2-4-10)12(15)7-5-11(14)6-8-12;1-2/h1-4,15H,5-8H2;1-2H2. The van der Waals surface area contributed by atoms with Gasteiger partial charge in [-0.25, -0.2) is 4.39 Å². The highest BCUT2D eigenvalue weighted by Gasteiger charge is 2.33. The summed E-state index contributed by atoms with van der Waals surface area (Å²) in [5.74, 6) is -0.115. The molecule has 92 valence electrons. The molecule has 2 rings (SSSR count). The first-order valence-corrected chi connectivity index (χ1v) is 5.60. The fourth-order valence-corrected chi connectivity index (χ4v) is 1.99. The van der Waals surface area contributed by atoms with E-state index >= 15 is 0 Å². The average molecular weight is 236 g/mol. The van der Waals surface area contributed by atoms with Crippen LogP contribution in [0.1, 0.15) is 31.2 Å². The number of halogens is 1. The van der Waals surface area contributed by atoms with Crippen molar-refractivity contribution in [3.8, 4) is 0 Å². The number of ketones is 1. The number of hydrogen-bond acceptors (Lipinski definition) is 2. The third-order valence-electron chi connectivity index (χ3n) is 3.02. The summed E-state index contributed by atoms with van der Waals surface area (Å²) in [6.07, 6.45) is 1.71. The van der Waals surface area contributed by atoms with Crippen LogP contribution >= 0.6 is 0 Å². The maximum absolute atomic E-state index is 12.7. The SMILES string of the molecule is C=C.O=C1CCC(O)(c2ccc(F)cc2)CC1. The van der Waals surface area contributed by atoms with E-state index in [2.05, 4.69) is 13.2 Å². The number of hydrogen-bond donors (Lipinski definition) is 1. The van der Waals surface area contributed by atoms with Crippen molar-refractivity contribution in [2.45, 2.75) is 31.3 Å².